The number of halogens is 1. The minimum atomic E-state index is -0.572. The van der Waals surface area contributed by atoms with Crippen molar-refractivity contribution in [2.24, 2.45) is 0 Å². The number of likely N-dealkylation sites (N-methyl/N-ethyl adjacent to an activating group) is 1. The Labute approximate surface area is 117 Å². The van der Waals surface area contributed by atoms with E-state index >= 15 is 0 Å². The fourth-order valence-corrected chi connectivity index (χ4v) is 2.29. The number of benzene rings is 1. The average molecular weight is 285 g/mol. The second-order valence-corrected chi connectivity index (χ2v) is 5.14. The molecule has 19 heavy (non-hydrogen) atoms. The van der Waals surface area contributed by atoms with Crippen molar-refractivity contribution in [1.82, 2.24) is 4.90 Å². The molecule has 5 nitrogen and oxygen atoms in total. The van der Waals surface area contributed by atoms with E-state index in [4.69, 9.17) is 16.3 Å². The molecule has 2 rings (SSSR count). The highest BCUT2D eigenvalue weighted by Crippen LogP contribution is 2.36. The van der Waals surface area contributed by atoms with Gasteiger partial charge in [0.05, 0.1) is 18.4 Å². The van der Waals surface area contributed by atoms with Gasteiger partial charge in [0.1, 0.15) is 5.75 Å². The van der Waals surface area contributed by atoms with Gasteiger partial charge in [0.15, 0.2) is 0 Å². The number of aliphatic hydroxyl groups is 1. The SMILES string of the molecule is C[C@@H](O)CN(C)C(=O)Nc1cc(Cl)cc2c1OCC2. The first-order chi connectivity index (χ1) is 8.97. The maximum absolute atomic E-state index is 12.0. The van der Waals surface area contributed by atoms with Gasteiger partial charge in [0.2, 0.25) is 0 Å². The Morgan fingerprint density at radius 3 is 3.05 bits per heavy atom. The normalized spacial score (nSPS) is 14.5. The predicted octanol–water partition coefficient (Wildman–Crippen LogP) is 2.12. The number of amides is 2. The van der Waals surface area contributed by atoms with E-state index in [1.807, 2.05) is 6.07 Å². The van der Waals surface area contributed by atoms with Crippen LogP contribution in [0.5, 0.6) is 5.75 Å². The van der Waals surface area contributed by atoms with Crippen molar-refractivity contribution in [2.45, 2.75) is 19.4 Å². The van der Waals surface area contributed by atoms with Crippen LogP contribution < -0.4 is 10.1 Å². The van der Waals surface area contributed by atoms with Crippen LogP contribution in [0.1, 0.15) is 12.5 Å². The third-order valence-electron chi connectivity index (χ3n) is 2.87. The molecule has 1 aliphatic heterocycles. The highest BCUT2D eigenvalue weighted by atomic mass is 35.5. The van der Waals surface area contributed by atoms with Crippen molar-refractivity contribution in [3.8, 4) is 5.75 Å². The molecule has 0 bridgehead atoms. The third kappa shape index (κ3) is 3.30. The maximum atomic E-state index is 12.0. The molecule has 2 amide bonds. The molecule has 2 N–H and O–H groups in total. The Bertz CT molecular complexity index is 491. The standard InChI is InChI=1S/C13H17ClN2O3/c1-8(17)7-16(2)13(18)15-11-6-10(14)5-9-3-4-19-12(9)11/h5-6,8,17H,3-4,7H2,1-2H3,(H,15,18)/t8-/m1/s1. The van der Waals surface area contributed by atoms with Crippen LogP contribution in [0.3, 0.4) is 0 Å². The number of carbonyl (C=O) groups is 1. The lowest BCUT2D eigenvalue weighted by Gasteiger charge is -2.20. The summed E-state index contributed by atoms with van der Waals surface area (Å²) in [5.74, 6) is 0.684. The van der Waals surface area contributed by atoms with Crippen molar-refractivity contribution >= 4 is 23.3 Å². The van der Waals surface area contributed by atoms with Crippen LogP contribution in [0.25, 0.3) is 0 Å². The molecule has 0 saturated carbocycles. The van der Waals surface area contributed by atoms with Crippen molar-refractivity contribution in [2.75, 3.05) is 25.5 Å². The third-order valence-corrected chi connectivity index (χ3v) is 3.09. The minimum absolute atomic E-state index is 0.259. The lowest BCUT2D eigenvalue weighted by molar-refractivity contribution is 0.149. The quantitative estimate of drug-likeness (QED) is 0.894. The fraction of sp³-hybridized carbons (Fsp3) is 0.462. The molecule has 104 valence electrons. The summed E-state index contributed by atoms with van der Waals surface area (Å²) in [7, 11) is 1.62. The zero-order chi connectivity index (χ0) is 14.0. The van der Waals surface area contributed by atoms with Crippen LogP contribution >= 0.6 is 11.6 Å². The summed E-state index contributed by atoms with van der Waals surface area (Å²) in [6, 6.07) is 3.21. The largest absolute Gasteiger partial charge is 0.491 e. The minimum Gasteiger partial charge on any atom is -0.491 e. The summed E-state index contributed by atoms with van der Waals surface area (Å²) in [5.41, 5.74) is 1.57. The van der Waals surface area contributed by atoms with E-state index < -0.39 is 6.10 Å². The number of anilines is 1. The predicted molar refractivity (Wildman–Crippen MR) is 74.0 cm³/mol. The van der Waals surface area contributed by atoms with Gasteiger partial charge in [-0.15, -0.1) is 0 Å². The van der Waals surface area contributed by atoms with Crippen LogP contribution in [-0.4, -0.2) is 42.3 Å². The molecule has 1 aliphatic rings. The van der Waals surface area contributed by atoms with E-state index in [-0.39, 0.29) is 12.6 Å². The van der Waals surface area contributed by atoms with E-state index in [0.29, 0.717) is 23.1 Å². The Morgan fingerprint density at radius 2 is 2.37 bits per heavy atom. The molecular formula is C13H17ClN2O3. The molecule has 0 radical (unpaired) electrons. The zero-order valence-electron chi connectivity index (χ0n) is 10.9. The van der Waals surface area contributed by atoms with Crippen molar-refractivity contribution < 1.29 is 14.6 Å². The number of hydrogen-bond donors (Lipinski definition) is 2. The molecule has 1 aromatic carbocycles. The number of nitrogens with one attached hydrogen (secondary N) is 1. The molecule has 0 unspecified atom stereocenters. The lowest BCUT2D eigenvalue weighted by Crippen LogP contribution is -2.36. The molecule has 1 heterocycles. The van der Waals surface area contributed by atoms with Gasteiger partial charge in [0.25, 0.3) is 0 Å². The van der Waals surface area contributed by atoms with Gasteiger partial charge in [-0.2, -0.15) is 0 Å². The second kappa shape index (κ2) is 5.67. The van der Waals surface area contributed by atoms with Gasteiger partial charge in [-0.3, -0.25) is 0 Å². The van der Waals surface area contributed by atoms with Crippen molar-refractivity contribution in [3.05, 3.63) is 22.7 Å². The van der Waals surface area contributed by atoms with E-state index in [0.717, 1.165) is 12.0 Å². The Hall–Kier alpha value is -1.46. The van der Waals surface area contributed by atoms with Crippen LogP contribution in [0, 0.1) is 0 Å². The number of ether oxygens (including phenoxy) is 1. The van der Waals surface area contributed by atoms with E-state index in [9.17, 15) is 9.90 Å². The van der Waals surface area contributed by atoms with Gasteiger partial charge in [0, 0.05) is 30.6 Å². The van der Waals surface area contributed by atoms with E-state index in [2.05, 4.69) is 5.32 Å². The highest BCUT2D eigenvalue weighted by Gasteiger charge is 2.20. The van der Waals surface area contributed by atoms with E-state index in [1.54, 1.807) is 20.0 Å². The Morgan fingerprint density at radius 1 is 1.63 bits per heavy atom. The smallest absolute Gasteiger partial charge is 0.321 e. The van der Waals surface area contributed by atoms with Gasteiger partial charge < -0.3 is 20.1 Å². The second-order valence-electron chi connectivity index (χ2n) is 4.70. The highest BCUT2D eigenvalue weighted by molar-refractivity contribution is 6.31. The van der Waals surface area contributed by atoms with Gasteiger partial charge >= 0.3 is 6.03 Å². The molecule has 0 saturated heterocycles. The molecule has 0 fully saturated rings. The number of rotatable bonds is 3. The Kier molecular flexibility index (Phi) is 4.17. The number of fused-ring (bicyclic) bond motifs is 1. The number of nitrogens with zero attached hydrogens (tertiary/aromatic N) is 1. The summed E-state index contributed by atoms with van der Waals surface area (Å²) in [4.78, 5) is 13.4. The average Bonchev–Trinajstić information content (AvgIpc) is 2.75. The summed E-state index contributed by atoms with van der Waals surface area (Å²) < 4.78 is 5.51. The first-order valence-electron chi connectivity index (χ1n) is 6.13. The topological polar surface area (TPSA) is 61.8 Å². The number of urea groups is 1. The molecule has 0 aromatic heterocycles. The molecular weight excluding hydrogens is 268 g/mol. The number of hydrogen-bond acceptors (Lipinski definition) is 3. The summed E-state index contributed by atoms with van der Waals surface area (Å²) >= 11 is 6.02. The summed E-state index contributed by atoms with van der Waals surface area (Å²) in [6.45, 7) is 2.49. The van der Waals surface area contributed by atoms with Crippen LogP contribution in [0.4, 0.5) is 10.5 Å². The first kappa shape index (κ1) is 14.0. The molecule has 0 spiro atoms. The van der Waals surface area contributed by atoms with Crippen molar-refractivity contribution in [1.29, 1.82) is 0 Å². The summed E-state index contributed by atoms with van der Waals surface area (Å²) in [5, 5.41) is 12.6. The van der Waals surface area contributed by atoms with Gasteiger partial charge in [-0.1, -0.05) is 11.6 Å². The molecule has 1 atom stereocenters. The van der Waals surface area contributed by atoms with Gasteiger partial charge in [-0.05, 0) is 19.1 Å². The zero-order valence-corrected chi connectivity index (χ0v) is 11.7. The van der Waals surface area contributed by atoms with E-state index in [1.165, 1.54) is 4.90 Å². The molecule has 0 aliphatic carbocycles. The Balaban J connectivity index is 2.13. The van der Waals surface area contributed by atoms with Crippen molar-refractivity contribution in [3.63, 3.8) is 0 Å². The fourth-order valence-electron chi connectivity index (χ4n) is 2.05. The summed E-state index contributed by atoms with van der Waals surface area (Å²) in [6.07, 6.45) is 0.222. The number of carbonyl (C=O) groups excluding carboxylic acids is 1. The molecule has 1 aromatic rings. The lowest BCUT2D eigenvalue weighted by atomic mass is 10.1. The first-order valence-corrected chi connectivity index (χ1v) is 6.50. The monoisotopic (exact) mass is 284 g/mol. The van der Waals surface area contributed by atoms with Gasteiger partial charge in [-0.25, -0.2) is 4.79 Å². The maximum Gasteiger partial charge on any atom is 0.321 e. The molecule has 6 heteroatoms. The van der Waals surface area contributed by atoms with Crippen LogP contribution in [-0.2, 0) is 6.42 Å². The van der Waals surface area contributed by atoms with Crippen LogP contribution in [0.2, 0.25) is 5.02 Å². The van der Waals surface area contributed by atoms with Crippen LogP contribution in [0.15, 0.2) is 12.1 Å². The number of aliphatic hydroxyl groups excluding tert-OH is 1.